The Hall–Kier alpha value is -1.11. The number of nitrogens with two attached hydrogens (primary N) is 1. The van der Waals surface area contributed by atoms with Crippen molar-refractivity contribution in [3.63, 3.8) is 0 Å². The first kappa shape index (κ1) is 19.9. The summed E-state index contributed by atoms with van der Waals surface area (Å²) in [5.74, 6) is -2.04. The van der Waals surface area contributed by atoms with Crippen LogP contribution in [0.2, 0.25) is 10.0 Å². The van der Waals surface area contributed by atoms with Crippen molar-refractivity contribution in [2.24, 2.45) is 5.73 Å². The average Bonchev–Trinajstić information content (AvgIpc) is 2.49. The van der Waals surface area contributed by atoms with E-state index in [9.17, 15) is 9.18 Å². The zero-order valence-electron chi connectivity index (χ0n) is 13.2. The summed E-state index contributed by atoms with van der Waals surface area (Å²) in [6.07, 6.45) is 3.36. The average molecular weight is 367 g/mol. The Morgan fingerprint density at radius 3 is 2.70 bits per heavy atom. The zero-order chi connectivity index (χ0) is 17.4. The van der Waals surface area contributed by atoms with Crippen LogP contribution < -0.4 is 10.5 Å². The van der Waals surface area contributed by atoms with Crippen LogP contribution in [-0.2, 0) is 9.53 Å². The number of ether oxygens (including phenoxy) is 2. The van der Waals surface area contributed by atoms with Gasteiger partial charge in [0, 0.05) is 0 Å². The maximum atomic E-state index is 13.3. The van der Waals surface area contributed by atoms with E-state index < -0.39 is 18.1 Å². The Morgan fingerprint density at radius 1 is 1.35 bits per heavy atom. The molecule has 0 spiro atoms. The zero-order valence-corrected chi connectivity index (χ0v) is 14.7. The van der Waals surface area contributed by atoms with Crippen LogP contribution in [0.25, 0.3) is 0 Å². The molecule has 0 amide bonds. The molecule has 0 saturated carbocycles. The molecule has 0 bridgehead atoms. The molecule has 1 heterocycles. The lowest BCUT2D eigenvalue weighted by Crippen LogP contribution is -2.39. The van der Waals surface area contributed by atoms with E-state index in [0.717, 1.165) is 38.2 Å². The first-order valence-electron chi connectivity index (χ1n) is 7.49. The first-order valence-corrected chi connectivity index (χ1v) is 8.25. The lowest BCUT2D eigenvalue weighted by Gasteiger charge is -2.17. The molecule has 1 aromatic rings. The van der Waals surface area contributed by atoms with E-state index in [1.165, 1.54) is 0 Å². The van der Waals surface area contributed by atoms with Crippen molar-refractivity contribution in [1.29, 1.82) is 0 Å². The molecule has 23 heavy (non-hydrogen) atoms. The van der Waals surface area contributed by atoms with Crippen LogP contribution in [0.1, 0.15) is 46.0 Å². The Morgan fingerprint density at radius 2 is 2.04 bits per heavy atom. The number of nitrogens with zero attached hydrogens (tertiary/aromatic N) is 1. The molecule has 130 valence electrons. The first-order chi connectivity index (χ1) is 10.8. The molecule has 0 saturated heterocycles. The summed E-state index contributed by atoms with van der Waals surface area (Å²) >= 11 is 11.3. The van der Waals surface area contributed by atoms with E-state index in [1.807, 2.05) is 0 Å². The fraction of sp³-hybridized carbons (Fsp3) is 0.600. The van der Waals surface area contributed by atoms with Crippen LogP contribution >= 0.6 is 23.2 Å². The number of rotatable bonds is 9. The van der Waals surface area contributed by atoms with Crippen molar-refractivity contribution in [1.82, 2.24) is 4.98 Å². The lowest BCUT2D eigenvalue weighted by atomic mass is 10.1. The summed E-state index contributed by atoms with van der Waals surface area (Å²) in [6, 6.07) is 1.12. The van der Waals surface area contributed by atoms with Gasteiger partial charge in [0.25, 0.3) is 0 Å². The van der Waals surface area contributed by atoms with E-state index >= 15 is 0 Å². The summed E-state index contributed by atoms with van der Waals surface area (Å²) in [5.41, 5.74) is 5.58. The van der Waals surface area contributed by atoms with Gasteiger partial charge in [0.2, 0.25) is 18.1 Å². The Bertz CT molecular complexity index is 532. The fourth-order valence-electron chi connectivity index (χ4n) is 1.86. The molecule has 0 aromatic carbocycles. The second-order valence-electron chi connectivity index (χ2n) is 5.18. The maximum absolute atomic E-state index is 13.3. The van der Waals surface area contributed by atoms with Gasteiger partial charge in [-0.2, -0.15) is 9.37 Å². The highest BCUT2D eigenvalue weighted by molar-refractivity contribution is 6.35. The largest absolute Gasteiger partial charge is 0.459 e. The Kier molecular flexibility index (Phi) is 8.58. The van der Waals surface area contributed by atoms with Gasteiger partial charge in [-0.05, 0) is 25.8 Å². The number of carbonyl (C=O) groups is 1. The van der Waals surface area contributed by atoms with Crippen molar-refractivity contribution in [3.05, 3.63) is 22.1 Å². The number of esters is 1. The van der Waals surface area contributed by atoms with Gasteiger partial charge in [-0.1, -0.05) is 49.4 Å². The minimum atomic E-state index is -1.45. The van der Waals surface area contributed by atoms with Crippen LogP contribution in [0.15, 0.2) is 6.07 Å². The van der Waals surface area contributed by atoms with Crippen LogP contribution in [0.5, 0.6) is 5.88 Å². The standard InChI is InChI=1S/C15H21Cl2FN2O3/c1-3-4-5-6-7-9(2)22-15(21)13(19)23-14-11(17)8-10(16)12(18)20-14/h8-9,13H,3-7,19H2,1-2H3. The van der Waals surface area contributed by atoms with Gasteiger partial charge in [-0.25, -0.2) is 4.79 Å². The predicted octanol–water partition coefficient (Wildman–Crippen LogP) is 4.09. The summed E-state index contributed by atoms with van der Waals surface area (Å²) < 4.78 is 23.5. The molecule has 2 unspecified atom stereocenters. The maximum Gasteiger partial charge on any atom is 0.363 e. The molecule has 1 rings (SSSR count). The van der Waals surface area contributed by atoms with Gasteiger partial charge in [0.1, 0.15) is 5.02 Å². The van der Waals surface area contributed by atoms with Crippen LogP contribution in [0.3, 0.4) is 0 Å². The minimum Gasteiger partial charge on any atom is -0.459 e. The van der Waals surface area contributed by atoms with Gasteiger partial charge < -0.3 is 9.47 Å². The number of unbranched alkanes of at least 4 members (excludes halogenated alkanes) is 3. The molecule has 8 heteroatoms. The third-order valence-corrected chi connectivity index (χ3v) is 3.64. The quantitative estimate of drug-likeness (QED) is 0.308. The smallest absolute Gasteiger partial charge is 0.363 e. The monoisotopic (exact) mass is 366 g/mol. The third kappa shape index (κ3) is 6.89. The summed E-state index contributed by atoms with van der Waals surface area (Å²) in [5, 5.41) is -0.300. The summed E-state index contributed by atoms with van der Waals surface area (Å²) in [7, 11) is 0. The van der Waals surface area contributed by atoms with E-state index in [4.69, 9.17) is 38.4 Å². The molecule has 5 nitrogen and oxygen atoms in total. The second kappa shape index (κ2) is 9.90. The van der Waals surface area contributed by atoms with Gasteiger partial charge in [0.05, 0.1) is 11.1 Å². The van der Waals surface area contributed by atoms with Gasteiger partial charge >= 0.3 is 5.97 Å². The van der Waals surface area contributed by atoms with Crippen molar-refractivity contribution in [2.75, 3.05) is 0 Å². The second-order valence-corrected chi connectivity index (χ2v) is 6.00. The number of carbonyl (C=O) groups excluding carboxylic acids is 1. The van der Waals surface area contributed by atoms with E-state index in [-0.39, 0.29) is 22.0 Å². The van der Waals surface area contributed by atoms with Gasteiger partial charge in [0.15, 0.2) is 0 Å². The van der Waals surface area contributed by atoms with Gasteiger partial charge in [-0.3, -0.25) is 5.73 Å². The molecule has 0 fully saturated rings. The topological polar surface area (TPSA) is 74.4 Å². The molecule has 2 N–H and O–H groups in total. The SMILES string of the molecule is CCCCCCC(C)OC(=O)C(N)Oc1nc(F)c(Cl)cc1Cl. The highest BCUT2D eigenvalue weighted by Gasteiger charge is 2.22. The number of hydrogen-bond acceptors (Lipinski definition) is 5. The molecular weight excluding hydrogens is 346 g/mol. The number of hydrogen-bond donors (Lipinski definition) is 1. The van der Waals surface area contributed by atoms with Gasteiger partial charge in [-0.15, -0.1) is 0 Å². The molecular formula is C15H21Cl2FN2O3. The van der Waals surface area contributed by atoms with Crippen molar-refractivity contribution < 1.29 is 18.7 Å². The molecule has 0 aliphatic carbocycles. The highest BCUT2D eigenvalue weighted by atomic mass is 35.5. The van der Waals surface area contributed by atoms with E-state index in [1.54, 1.807) is 6.92 Å². The minimum absolute atomic E-state index is 0.0488. The summed E-state index contributed by atoms with van der Waals surface area (Å²) in [6.45, 7) is 3.91. The predicted molar refractivity (Wildman–Crippen MR) is 87.1 cm³/mol. The highest BCUT2D eigenvalue weighted by Crippen LogP contribution is 2.27. The van der Waals surface area contributed by atoms with Crippen molar-refractivity contribution in [3.8, 4) is 5.88 Å². The molecule has 1 aromatic heterocycles. The normalized spacial score (nSPS) is 13.5. The summed E-state index contributed by atoms with van der Waals surface area (Å²) in [4.78, 5) is 15.3. The van der Waals surface area contributed by atoms with E-state index in [2.05, 4.69) is 11.9 Å². The Balaban J connectivity index is 2.49. The van der Waals surface area contributed by atoms with Crippen LogP contribution in [0, 0.1) is 5.95 Å². The third-order valence-electron chi connectivity index (χ3n) is 3.11. The lowest BCUT2D eigenvalue weighted by molar-refractivity contribution is -0.156. The molecule has 0 aliphatic heterocycles. The number of aromatic nitrogens is 1. The molecule has 2 atom stereocenters. The van der Waals surface area contributed by atoms with Crippen molar-refractivity contribution >= 4 is 29.2 Å². The number of halogens is 3. The van der Waals surface area contributed by atoms with Crippen LogP contribution in [0.4, 0.5) is 4.39 Å². The molecule has 0 aliphatic rings. The molecule has 0 radical (unpaired) electrons. The number of pyridine rings is 1. The van der Waals surface area contributed by atoms with E-state index in [0.29, 0.717) is 0 Å². The fourth-order valence-corrected chi connectivity index (χ4v) is 2.27. The van der Waals surface area contributed by atoms with Crippen LogP contribution in [-0.4, -0.2) is 23.3 Å². The van der Waals surface area contributed by atoms with Crippen molar-refractivity contribution in [2.45, 2.75) is 58.3 Å². The Labute approximate surface area is 145 Å².